The minimum atomic E-state index is -1.04. The maximum Gasteiger partial charge on any atom is 0.337 e. The van der Waals surface area contributed by atoms with Gasteiger partial charge in [0.05, 0.1) is 24.3 Å². The number of ether oxygens (including phenoxy) is 3. The fraction of sp³-hybridized carbons (Fsp3) is 0.375. The predicted octanol–water partition coefficient (Wildman–Crippen LogP) is 2.78. The van der Waals surface area contributed by atoms with Crippen molar-refractivity contribution in [1.29, 1.82) is 0 Å². The molecule has 0 unspecified atom stereocenters. The van der Waals surface area contributed by atoms with Crippen LogP contribution in [0.25, 0.3) is 0 Å². The van der Waals surface area contributed by atoms with Crippen molar-refractivity contribution in [1.82, 2.24) is 10.6 Å². The van der Waals surface area contributed by atoms with Crippen LogP contribution in [0.4, 0.5) is 0 Å². The number of aliphatic hydroxyl groups excluding tert-OH is 1. The van der Waals surface area contributed by atoms with Crippen LogP contribution in [0, 0.1) is 44.1 Å². The van der Waals surface area contributed by atoms with Crippen LogP contribution < -0.4 is 20.1 Å². The average Bonchev–Trinajstić information content (AvgIpc) is 2.86. The van der Waals surface area contributed by atoms with E-state index in [1.54, 1.807) is 24.3 Å². The third-order valence-electron chi connectivity index (χ3n) is 4.86. The molecule has 0 bridgehead atoms. The zero-order valence-electron chi connectivity index (χ0n) is 20.0. The molecule has 0 aliphatic heterocycles. The summed E-state index contributed by atoms with van der Waals surface area (Å²) in [5, 5.41) is 14.5. The van der Waals surface area contributed by atoms with E-state index in [2.05, 4.69) is 10.6 Å². The summed E-state index contributed by atoms with van der Waals surface area (Å²) in [4.78, 5) is 37.3. The average molecular weight is 754 g/mol. The largest absolute Gasteiger partial charge is 0.490 e. The molecule has 1 radical (unpaired) electrons. The van der Waals surface area contributed by atoms with Gasteiger partial charge in [0.25, 0.3) is 5.91 Å². The summed E-state index contributed by atoms with van der Waals surface area (Å²) >= 11 is 12.7. The Morgan fingerprint density at radius 3 is 2.39 bits per heavy atom. The van der Waals surface area contributed by atoms with Gasteiger partial charge in [0.2, 0.25) is 0 Å². The van der Waals surface area contributed by atoms with Crippen molar-refractivity contribution in [3.05, 3.63) is 57.6 Å². The standard InChI is InChI=1S/C24H28Cl2N2O7.Ac/c1-27-10-6-7-11-34-22-17(25)13-16(21(20(22)26)35-19(30)14-29)23(31)28-18(24(32)33-2)12-15-8-4-3-5-9-15;/h3-5,8-9,13,18,27,29H,6-7,10-12,14H2,1-2H3,(H,28,31);/t18-;/m0./s1. The number of hydrogen-bond donors (Lipinski definition) is 3. The van der Waals surface area contributed by atoms with Crippen molar-refractivity contribution in [3.8, 4) is 11.5 Å². The van der Waals surface area contributed by atoms with E-state index in [0.717, 1.165) is 18.5 Å². The van der Waals surface area contributed by atoms with Crippen molar-refractivity contribution < 1.29 is 77.8 Å². The Labute approximate surface area is 255 Å². The molecule has 0 aliphatic rings. The van der Waals surface area contributed by atoms with Crippen molar-refractivity contribution in [3.63, 3.8) is 0 Å². The summed E-state index contributed by atoms with van der Waals surface area (Å²) < 4.78 is 15.6. The van der Waals surface area contributed by atoms with Gasteiger partial charge in [0.15, 0.2) is 11.5 Å². The molecule has 12 heteroatoms. The third kappa shape index (κ3) is 9.81. The molecular formula is C24H28AcCl2N2O7. The van der Waals surface area contributed by atoms with Crippen LogP contribution in [0.3, 0.4) is 0 Å². The summed E-state index contributed by atoms with van der Waals surface area (Å²) in [6, 6.07) is 9.20. The van der Waals surface area contributed by atoms with E-state index in [1.165, 1.54) is 13.2 Å². The topological polar surface area (TPSA) is 123 Å². The molecule has 0 aromatic heterocycles. The maximum absolute atomic E-state index is 13.2. The number of rotatable bonds is 13. The first-order valence-electron chi connectivity index (χ1n) is 10.9. The van der Waals surface area contributed by atoms with Gasteiger partial charge in [-0.3, -0.25) is 4.79 Å². The Balaban J connectivity index is 0.00000648. The van der Waals surface area contributed by atoms with Crippen LogP contribution in [-0.4, -0.2) is 62.9 Å². The number of carbonyl (C=O) groups excluding carboxylic acids is 3. The van der Waals surface area contributed by atoms with Gasteiger partial charge in [0, 0.05) is 50.5 Å². The minimum absolute atomic E-state index is 0. The molecule has 1 atom stereocenters. The first-order valence-corrected chi connectivity index (χ1v) is 11.6. The van der Waals surface area contributed by atoms with Crippen molar-refractivity contribution >= 4 is 41.0 Å². The van der Waals surface area contributed by atoms with E-state index in [4.69, 9.17) is 42.5 Å². The molecule has 0 fully saturated rings. The summed E-state index contributed by atoms with van der Waals surface area (Å²) in [6.07, 6.45) is 1.69. The van der Waals surface area contributed by atoms with Crippen LogP contribution in [0.5, 0.6) is 11.5 Å². The van der Waals surface area contributed by atoms with Crippen LogP contribution in [-0.2, 0) is 20.7 Å². The van der Waals surface area contributed by atoms with Gasteiger partial charge in [0.1, 0.15) is 17.7 Å². The van der Waals surface area contributed by atoms with E-state index in [9.17, 15) is 14.4 Å². The molecular weight excluding hydrogens is 726 g/mol. The van der Waals surface area contributed by atoms with E-state index >= 15 is 0 Å². The molecule has 2 rings (SSSR count). The Kier molecular flexibility index (Phi) is 15.6. The number of halogens is 2. The predicted molar refractivity (Wildman–Crippen MR) is 131 cm³/mol. The maximum atomic E-state index is 13.2. The minimum Gasteiger partial charge on any atom is -0.490 e. The van der Waals surface area contributed by atoms with Crippen LogP contribution in [0.1, 0.15) is 28.8 Å². The Morgan fingerprint density at radius 1 is 1.08 bits per heavy atom. The number of methoxy groups -OCH3 is 1. The summed E-state index contributed by atoms with van der Waals surface area (Å²) in [5.74, 6) is -2.82. The molecule has 36 heavy (non-hydrogen) atoms. The molecule has 1 amide bonds. The fourth-order valence-electron chi connectivity index (χ4n) is 3.13. The van der Waals surface area contributed by atoms with Gasteiger partial charge >= 0.3 is 11.9 Å². The molecule has 0 spiro atoms. The van der Waals surface area contributed by atoms with Gasteiger partial charge in [-0.05, 0) is 38.1 Å². The molecule has 0 heterocycles. The van der Waals surface area contributed by atoms with E-state index in [-0.39, 0.29) is 84.2 Å². The first kappa shape index (κ1) is 32.6. The molecule has 0 saturated carbocycles. The third-order valence-corrected chi connectivity index (χ3v) is 5.49. The summed E-state index contributed by atoms with van der Waals surface area (Å²) in [7, 11) is 3.04. The Hall–Kier alpha value is -1.41. The molecule has 3 N–H and O–H groups in total. The second-order valence-electron chi connectivity index (χ2n) is 7.41. The molecule has 0 aliphatic carbocycles. The van der Waals surface area contributed by atoms with Crippen molar-refractivity contribution in [2.75, 3.05) is 33.9 Å². The monoisotopic (exact) mass is 753 g/mol. The van der Waals surface area contributed by atoms with Gasteiger partial charge in [-0.25, -0.2) is 9.59 Å². The number of aliphatic hydroxyl groups is 1. The van der Waals surface area contributed by atoms with Gasteiger partial charge in [-0.1, -0.05) is 53.5 Å². The second kappa shape index (κ2) is 17.2. The van der Waals surface area contributed by atoms with Gasteiger partial charge in [-0.2, -0.15) is 0 Å². The number of nitrogens with one attached hydrogen (secondary N) is 2. The zero-order chi connectivity index (χ0) is 25.8. The second-order valence-corrected chi connectivity index (χ2v) is 8.19. The Morgan fingerprint density at radius 2 is 1.78 bits per heavy atom. The fourth-order valence-corrected chi connectivity index (χ4v) is 3.73. The summed E-state index contributed by atoms with van der Waals surface area (Å²) in [5.41, 5.74) is 0.569. The van der Waals surface area contributed by atoms with Gasteiger partial charge < -0.3 is 30.0 Å². The molecule has 0 saturated heterocycles. The van der Waals surface area contributed by atoms with E-state index < -0.39 is 30.5 Å². The molecule has 9 nitrogen and oxygen atoms in total. The van der Waals surface area contributed by atoms with Gasteiger partial charge in [-0.15, -0.1) is 0 Å². The number of unbranched alkanes of at least 4 members (excludes halogenated alkanes) is 1. The normalized spacial score (nSPS) is 11.1. The van der Waals surface area contributed by atoms with Crippen LogP contribution >= 0.6 is 23.2 Å². The quantitative estimate of drug-likeness (QED) is 0.162. The Bertz CT molecular complexity index is 1030. The number of carbonyl (C=O) groups is 3. The molecule has 193 valence electrons. The number of hydrogen-bond acceptors (Lipinski definition) is 8. The molecule has 2 aromatic carbocycles. The number of amides is 1. The SMILES string of the molecule is CNCCCCOc1c(Cl)cc(C(=O)N[C@@H](Cc2ccccc2)C(=O)OC)c(OC(=O)CO)c1Cl.[Ac]. The smallest absolute Gasteiger partial charge is 0.337 e. The van der Waals surface area contributed by atoms with E-state index in [0.29, 0.717) is 6.42 Å². The molecule has 2 aromatic rings. The van der Waals surface area contributed by atoms with E-state index in [1.807, 2.05) is 13.1 Å². The zero-order valence-corrected chi connectivity index (χ0v) is 26.3. The number of esters is 2. The van der Waals surface area contributed by atoms with Crippen molar-refractivity contribution in [2.45, 2.75) is 25.3 Å². The van der Waals surface area contributed by atoms with Crippen LogP contribution in [0.2, 0.25) is 10.0 Å². The summed E-state index contributed by atoms with van der Waals surface area (Å²) in [6.45, 7) is 0.133. The first-order chi connectivity index (χ1) is 16.8. The number of benzene rings is 2. The van der Waals surface area contributed by atoms with Crippen molar-refractivity contribution in [2.24, 2.45) is 0 Å². The van der Waals surface area contributed by atoms with Crippen LogP contribution in [0.15, 0.2) is 36.4 Å².